The second-order valence-electron chi connectivity index (χ2n) is 5.14. The zero-order chi connectivity index (χ0) is 15.4. The number of aliphatic hydroxyl groups excluding tert-OH is 2. The number of fused-ring (bicyclic) bond motifs is 1. The third kappa shape index (κ3) is 1.91. The van der Waals surface area contributed by atoms with E-state index in [9.17, 15) is 19.4 Å². The SMILES string of the molecule is C[C@]1(CO)O[C@@H](n2cnc3c(=O)[nH]c(N)nc32)[C@@H](F)[C@@H]1O. The van der Waals surface area contributed by atoms with Gasteiger partial charge in [-0.25, -0.2) is 9.37 Å². The third-order valence-electron chi connectivity index (χ3n) is 3.63. The van der Waals surface area contributed by atoms with E-state index in [4.69, 9.17) is 10.5 Å². The molecule has 1 aliphatic rings. The van der Waals surface area contributed by atoms with Crippen LogP contribution in [0.3, 0.4) is 0 Å². The molecule has 2 aromatic rings. The van der Waals surface area contributed by atoms with Crippen molar-refractivity contribution < 1.29 is 19.3 Å². The van der Waals surface area contributed by atoms with Gasteiger partial charge in [0.05, 0.1) is 12.9 Å². The van der Waals surface area contributed by atoms with Crippen LogP contribution in [0.2, 0.25) is 0 Å². The maximum Gasteiger partial charge on any atom is 0.280 e. The van der Waals surface area contributed by atoms with Gasteiger partial charge in [-0.2, -0.15) is 4.98 Å². The smallest absolute Gasteiger partial charge is 0.280 e. The molecule has 3 heterocycles. The summed E-state index contributed by atoms with van der Waals surface area (Å²) < 4.78 is 20.9. The Hall–Kier alpha value is -2.04. The van der Waals surface area contributed by atoms with Gasteiger partial charge in [0.1, 0.15) is 11.7 Å². The number of rotatable bonds is 2. The van der Waals surface area contributed by atoms with E-state index in [1.165, 1.54) is 17.8 Å². The molecule has 9 nitrogen and oxygen atoms in total. The molecular weight excluding hydrogens is 285 g/mol. The number of aromatic amines is 1. The molecular formula is C11H14FN5O4. The number of alkyl halides is 1. The number of imidazole rings is 1. The first-order chi connectivity index (χ1) is 9.87. The summed E-state index contributed by atoms with van der Waals surface area (Å²) in [7, 11) is 0. The van der Waals surface area contributed by atoms with E-state index < -0.39 is 36.3 Å². The molecule has 21 heavy (non-hydrogen) atoms. The highest BCUT2D eigenvalue weighted by atomic mass is 19.1. The lowest BCUT2D eigenvalue weighted by Crippen LogP contribution is -2.42. The van der Waals surface area contributed by atoms with Crippen LogP contribution in [-0.4, -0.2) is 54.2 Å². The maximum atomic E-state index is 14.3. The van der Waals surface area contributed by atoms with Crippen LogP contribution in [0.15, 0.2) is 11.1 Å². The van der Waals surface area contributed by atoms with Gasteiger partial charge in [-0.1, -0.05) is 0 Å². The average molecular weight is 299 g/mol. The summed E-state index contributed by atoms with van der Waals surface area (Å²) in [6.45, 7) is 0.825. The van der Waals surface area contributed by atoms with Crippen LogP contribution >= 0.6 is 0 Å². The fourth-order valence-electron chi connectivity index (χ4n) is 2.37. The summed E-state index contributed by atoms with van der Waals surface area (Å²) in [5.41, 5.74) is 3.47. The molecule has 1 saturated heterocycles. The Morgan fingerprint density at radius 1 is 1.67 bits per heavy atom. The predicted molar refractivity (Wildman–Crippen MR) is 69.1 cm³/mol. The number of nitrogens with zero attached hydrogens (tertiary/aromatic N) is 3. The van der Waals surface area contributed by atoms with Gasteiger partial charge >= 0.3 is 0 Å². The minimum Gasteiger partial charge on any atom is -0.393 e. The normalized spacial score (nSPS) is 32.9. The summed E-state index contributed by atoms with van der Waals surface area (Å²) >= 11 is 0. The number of H-pyrrole nitrogens is 1. The zero-order valence-electron chi connectivity index (χ0n) is 11.0. The van der Waals surface area contributed by atoms with Crippen LogP contribution in [0.4, 0.5) is 10.3 Å². The lowest BCUT2D eigenvalue weighted by atomic mass is 9.99. The molecule has 0 aromatic carbocycles. The van der Waals surface area contributed by atoms with E-state index in [2.05, 4.69) is 15.0 Å². The summed E-state index contributed by atoms with van der Waals surface area (Å²) in [5.74, 6) is -0.145. The first-order valence-electron chi connectivity index (χ1n) is 6.20. The molecule has 2 aromatic heterocycles. The number of aromatic nitrogens is 4. The average Bonchev–Trinajstić information content (AvgIpc) is 2.95. The molecule has 5 N–H and O–H groups in total. The minimum atomic E-state index is -1.82. The highest BCUT2D eigenvalue weighted by Crippen LogP contribution is 2.39. The van der Waals surface area contributed by atoms with Crippen molar-refractivity contribution in [1.29, 1.82) is 0 Å². The third-order valence-corrected chi connectivity index (χ3v) is 3.63. The lowest BCUT2D eigenvalue weighted by Gasteiger charge is -2.24. The van der Waals surface area contributed by atoms with Crippen LogP contribution in [0.1, 0.15) is 13.2 Å². The summed E-state index contributed by atoms with van der Waals surface area (Å²) in [4.78, 5) is 21.7. The van der Waals surface area contributed by atoms with Gasteiger partial charge in [0.15, 0.2) is 23.6 Å². The molecule has 0 unspecified atom stereocenters. The fourth-order valence-corrected chi connectivity index (χ4v) is 2.37. The molecule has 3 rings (SSSR count). The van der Waals surface area contributed by atoms with Crippen LogP contribution in [0, 0.1) is 0 Å². The van der Waals surface area contributed by atoms with Crippen molar-refractivity contribution >= 4 is 17.1 Å². The van der Waals surface area contributed by atoms with E-state index in [0.29, 0.717) is 0 Å². The van der Waals surface area contributed by atoms with E-state index in [1.807, 2.05) is 0 Å². The van der Waals surface area contributed by atoms with Gasteiger partial charge < -0.3 is 20.7 Å². The van der Waals surface area contributed by atoms with Crippen LogP contribution in [-0.2, 0) is 4.74 Å². The molecule has 0 bridgehead atoms. The first kappa shape index (κ1) is 13.9. The van der Waals surface area contributed by atoms with Crippen molar-refractivity contribution in [1.82, 2.24) is 19.5 Å². The summed E-state index contributed by atoms with van der Waals surface area (Å²) in [5, 5.41) is 19.1. The van der Waals surface area contributed by atoms with Gasteiger partial charge in [0.25, 0.3) is 5.56 Å². The van der Waals surface area contributed by atoms with Crippen molar-refractivity contribution in [2.75, 3.05) is 12.3 Å². The van der Waals surface area contributed by atoms with Crippen molar-refractivity contribution in [2.24, 2.45) is 0 Å². The first-order valence-corrected chi connectivity index (χ1v) is 6.20. The molecule has 4 atom stereocenters. The number of hydrogen-bond acceptors (Lipinski definition) is 7. The van der Waals surface area contributed by atoms with Gasteiger partial charge in [0, 0.05) is 0 Å². The number of nitrogens with one attached hydrogen (secondary N) is 1. The number of halogens is 1. The molecule has 0 aliphatic carbocycles. The van der Waals surface area contributed by atoms with Crippen molar-refractivity contribution in [3.63, 3.8) is 0 Å². The van der Waals surface area contributed by atoms with Crippen molar-refractivity contribution in [3.8, 4) is 0 Å². The molecule has 1 fully saturated rings. The Morgan fingerprint density at radius 3 is 3.00 bits per heavy atom. The van der Waals surface area contributed by atoms with Crippen molar-refractivity contribution in [3.05, 3.63) is 16.7 Å². The topological polar surface area (TPSA) is 139 Å². The molecule has 10 heteroatoms. The molecule has 0 saturated carbocycles. The number of ether oxygens (including phenoxy) is 1. The lowest BCUT2D eigenvalue weighted by molar-refractivity contribution is -0.115. The molecule has 0 radical (unpaired) electrons. The Labute approximate surface area is 117 Å². The molecule has 114 valence electrons. The highest BCUT2D eigenvalue weighted by molar-refractivity contribution is 5.70. The minimum absolute atomic E-state index is 0.0212. The summed E-state index contributed by atoms with van der Waals surface area (Å²) in [6, 6.07) is 0. The van der Waals surface area contributed by atoms with Crippen LogP contribution in [0.5, 0.6) is 0 Å². The van der Waals surface area contributed by atoms with Crippen LogP contribution < -0.4 is 11.3 Å². The van der Waals surface area contributed by atoms with Crippen molar-refractivity contribution in [2.45, 2.75) is 31.0 Å². The van der Waals surface area contributed by atoms with Gasteiger partial charge in [-0.3, -0.25) is 14.3 Å². The summed E-state index contributed by atoms with van der Waals surface area (Å²) in [6.07, 6.45) is -3.43. The second kappa shape index (κ2) is 4.48. The number of nitrogens with two attached hydrogens (primary N) is 1. The maximum absolute atomic E-state index is 14.3. The zero-order valence-corrected chi connectivity index (χ0v) is 11.0. The standard InChI is InChI=1S/C11H14FN5O4/c1-11(2-18)6(19)4(12)9(21-11)17-3-14-5-7(17)15-10(13)16-8(5)20/h3-4,6,9,18-19H,2H2,1H3,(H3,13,15,16,20)/t4-,6-,9+,11+/m0/s1. The highest BCUT2D eigenvalue weighted by Gasteiger charge is 2.53. The quantitative estimate of drug-likeness (QED) is 0.539. The van der Waals surface area contributed by atoms with Gasteiger partial charge in [0.2, 0.25) is 5.95 Å². The Bertz CT molecular complexity index is 746. The molecule has 0 spiro atoms. The van der Waals surface area contributed by atoms with E-state index in [0.717, 1.165) is 0 Å². The number of hydrogen-bond donors (Lipinski definition) is 4. The Balaban J connectivity index is 2.12. The Kier molecular flexibility index (Phi) is 2.97. The van der Waals surface area contributed by atoms with Gasteiger partial charge in [-0.15, -0.1) is 0 Å². The van der Waals surface area contributed by atoms with E-state index >= 15 is 0 Å². The van der Waals surface area contributed by atoms with E-state index in [-0.39, 0.29) is 17.1 Å². The predicted octanol–water partition coefficient (Wildman–Crippen LogP) is -1.32. The van der Waals surface area contributed by atoms with Gasteiger partial charge in [-0.05, 0) is 6.92 Å². The number of nitrogen functional groups attached to an aromatic ring is 1. The molecule has 0 amide bonds. The van der Waals surface area contributed by atoms with Crippen LogP contribution in [0.25, 0.3) is 11.2 Å². The monoisotopic (exact) mass is 299 g/mol. The number of anilines is 1. The Morgan fingerprint density at radius 2 is 2.38 bits per heavy atom. The molecule has 1 aliphatic heterocycles. The fraction of sp³-hybridized carbons (Fsp3) is 0.545. The number of aliphatic hydroxyl groups is 2. The second-order valence-corrected chi connectivity index (χ2v) is 5.14. The van der Waals surface area contributed by atoms with E-state index in [1.54, 1.807) is 0 Å². The largest absolute Gasteiger partial charge is 0.393 e.